The Morgan fingerprint density at radius 2 is 1.88 bits per heavy atom. The van der Waals surface area contributed by atoms with E-state index in [1.165, 1.54) is 0 Å². The minimum atomic E-state index is -0.608. The van der Waals surface area contributed by atoms with E-state index < -0.39 is 5.91 Å². The number of amides is 2. The molecule has 3 N–H and O–H groups in total. The van der Waals surface area contributed by atoms with Crippen LogP contribution in [0.3, 0.4) is 0 Å². The van der Waals surface area contributed by atoms with Crippen LogP contribution in [0.4, 0.5) is 0 Å². The number of aryl methyl sites for hydroxylation is 1. The number of nitrogens with one attached hydrogen (secondary N) is 1. The van der Waals surface area contributed by atoms with Crippen molar-refractivity contribution in [1.82, 2.24) is 9.88 Å². The van der Waals surface area contributed by atoms with Gasteiger partial charge in [-0.15, -0.1) is 0 Å². The van der Waals surface area contributed by atoms with Crippen LogP contribution in [0.5, 0.6) is 0 Å². The number of rotatable bonds is 4. The van der Waals surface area contributed by atoms with E-state index in [0.29, 0.717) is 10.7 Å². The molecular formula is C18H15Cl2N3O2. The maximum Gasteiger partial charge on any atom is 0.268 e. The molecule has 128 valence electrons. The highest BCUT2D eigenvalue weighted by atomic mass is 35.5. The van der Waals surface area contributed by atoms with E-state index in [1.54, 1.807) is 41.9 Å². The molecule has 0 spiro atoms. The molecule has 0 atom stereocenters. The first kappa shape index (κ1) is 17.3. The Morgan fingerprint density at radius 1 is 1.12 bits per heavy atom. The largest absolute Gasteiger partial charge is 0.366 e. The van der Waals surface area contributed by atoms with Gasteiger partial charge in [0.25, 0.3) is 5.91 Å². The molecule has 3 rings (SSSR count). The number of benzene rings is 2. The van der Waals surface area contributed by atoms with Crippen LogP contribution < -0.4 is 11.1 Å². The molecule has 2 amide bonds. The molecule has 0 aliphatic heterocycles. The lowest BCUT2D eigenvalue weighted by atomic mass is 10.1. The second kappa shape index (κ2) is 6.78. The topological polar surface area (TPSA) is 77.1 Å². The summed E-state index contributed by atoms with van der Waals surface area (Å²) in [5.74, 6) is -0.839. The lowest BCUT2D eigenvalue weighted by Gasteiger charge is -2.08. The Balaban J connectivity index is 1.80. The Labute approximate surface area is 154 Å². The van der Waals surface area contributed by atoms with Crippen molar-refractivity contribution >= 4 is 45.9 Å². The number of halogens is 2. The van der Waals surface area contributed by atoms with Gasteiger partial charge in [-0.05, 0) is 35.9 Å². The van der Waals surface area contributed by atoms with E-state index in [2.05, 4.69) is 5.32 Å². The summed E-state index contributed by atoms with van der Waals surface area (Å²) < 4.78 is 1.78. The molecule has 5 nitrogen and oxygen atoms in total. The van der Waals surface area contributed by atoms with Gasteiger partial charge in [0.1, 0.15) is 5.69 Å². The van der Waals surface area contributed by atoms with Gasteiger partial charge in [0.15, 0.2) is 0 Å². The Kier molecular flexibility index (Phi) is 4.70. The van der Waals surface area contributed by atoms with Crippen LogP contribution >= 0.6 is 23.2 Å². The van der Waals surface area contributed by atoms with Gasteiger partial charge < -0.3 is 15.6 Å². The first-order valence-corrected chi connectivity index (χ1v) is 8.24. The van der Waals surface area contributed by atoms with Gasteiger partial charge in [0.2, 0.25) is 5.91 Å². The lowest BCUT2D eigenvalue weighted by Crippen LogP contribution is -2.25. The van der Waals surface area contributed by atoms with Crippen molar-refractivity contribution < 1.29 is 9.59 Å². The normalized spacial score (nSPS) is 10.8. The van der Waals surface area contributed by atoms with Gasteiger partial charge in [-0.25, -0.2) is 0 Å². The summed E-state index contributed by atoms with van der Waals surface area (Å²) in [6, 6.07) is 12.2. The summed E-state index contributed by atoms with van der Waals surface area (Å²) in [6.07, 6.45) is 0. The molecule has 0 saturated carbocycles. The maximum absolute atomic E-state index is 12.5. The average molecular weight is 376 g/mol. The number of aromatic nitrogens is 1. The van der Waals surface area contributed by atoms with E-state index >= 15 is 0 Å². The summed E-state index contributed by atoms with van der Waals surface area (Å²) in [4.78, 5) is 23.8. The van der Waals surface area contributed by atoms with E-state index in [-0.39, 0.29) is 23.0 Å². The van der Waals surface area contributed by atoms with Crippen molar-refractivity contribution in [3.05, 3.63) is 69.3 Å². The molecule has 1 heterocycles. The number of carbonyl (C=O) groups excluding carboxylic acids is 2. The van der Waals surface area contributed by atoms with Gasteiger partial charge in [-0.1, -0.05) is 35.3 Å². The van der Waals surface area contributed by atoms with E-state index in [4.69, 9.17) is 28.9 Å². The SMILES string of the molecule is Cn1c(C(=O)NCc2ccc(Cl)c(C(N)=O)c2)cc2ccc(Cl)cc21. The Morgan fingerprint density at radius 3 is 2.60 bits per heavy atom. The second-order valence-electron chi connectivity index (χ2n) is 5.65. The predicted molar refractivity (Wildman–Crippen MR) is 99.1 cm³/mol. The molecule has 0 aliphatic carbocycles. The minimum Gasteiger partial charge on any atom is -0.366 e. The number of carbonyl (C=O) groups is 2. The number of hydrogen-bond acceptors (Lipinski definition) is 2. The van der Waals surface area contributed by atoms with Crippen molar-refractivity contribution in [3.8, 4) is 0 Å². The molecule has 0 radical (unpaired) electrons. The molecule has 2 aromatic carbocycles. The fourth-order valence-corrected chi connectivity index (χ4v) is 3.04. The molecule has 0 bridgehead atoms. The third kappa shape index (κ3) is 3.48. The molecule has 3 aromatic rings. The van der Waals surface area contributed by atoms with Crippen LogP contribution in [0.15, 0.2) is 42.5 Å². The summed E-state index contributed by atoms with van der Waals surface area (Å²) in [7, 11) is 1.81. The van der Waals surface area contributed by atoms with Crippen molar-refractivity contribution in [3.63, 3.8) is 0 Å². The quantitative estimate of drug-likeness (QED) is 0.731. The first-order chi connectivity index (χ1) is 11.9. The highest BCUT2D eigenvalue weighted by Gasteiger charge is 2.14. The highest BCUT2D eigenvalue weighted by molar-refractivity contribution is 6.33. The van der Waals surface area contributed by atoms with Crippen LogP contribution in [-0.2, 0) is 13.6 Å². The molecule has 25 heavy (non-hydrogen) atoms. The molecule has 0 fully saturated rings. The standard InChI is InChI=1S/C18H15Cl2N3O2/c1-23-15-8-12(19)4-3-11(15)7-16(23)18(25)22-9-10-2-5-14(20)13(6-10)17(21)24/h2-8H,9H2,1H3,(H2,21,24)(H,22,25). The first-order valence-electron chi connectivity index (χ1n) is 7.48. The van der Waals surface area contributed by atoms with Gasteiger partial charge in [-0.3, -0.25) is 9.59 Å². The average Bonchev–Trinajstić information content (AvgIpc) is 2.90. The summed E-state index contributed by atoms with van der Waals surface area (Å²) in [6.45, 7) is 0.249. The zero-order chi connectivity index (χ0) is 18.1. The second-order valence-corrected chi connectivity index (χ2v) is 6.50. The zero-order valence-electron chi connectivity index (χ0n) is 13.3. The minimum absolute atomic E-state index is 0.229. The van der Waals surface area contributed by atoms with E-state index in [1.807, 2.05) is 12.1 Å². The molecule has 7 heteroatoms. The molecule has 0 unspecified atom stereocenters. The summed E-state index contributed by atoms with van der Waals surface area (Å²) >= 11 is 11.9. The van der Waals surface area contributed by atoms with Gasteiger partial charge in [0.05, 0.1) is 10.6 Å². The molecule has 0 saturated heterocycles. The van der Waals surface area contributed by atoms with Crippen LogP contribution in [0.1, 0.15) is 26.4 Å². The smallest absolute Gasteiger partial charge is 0.268 e. The number of fused-ring (bicyclic) bond motifs is 1. The van der Waals surface area contributed by atoms with Crippen LogP contribution in [-0.4, -0.2) is 16.4 Å². The van der Waals surface area contributed by atoms with Crippen molar-refractivity contribution in [2.24, 2.45) is 12.8 Å². The Hall–Kier alpha value is -2.50. The van der Waals surface area contributed by atoms with E-state index in [9.17, 15) is 9.59 Å². The maximum atomic E-state index is 12.5. The van der Waals surface area contributed by atoms with Gasteiger partial charge in [0, 0.05) is 29.5 Å². The van der Waals surface area contributed by atoms with Crippen molar-refractivity contribution in [2.75, 3.05) is 0 Å². The van der Waals surface area contributed by atoms with Crippen LogP contribution in [0, 0.1) is 0 Å². The third-order valence-corrected chi connectivity index (χ3v) is 4.55. The van der Waals surface area contributed by atoms with E-state index in [0.717, 1.165) is 16.5 Å². The number of primary amides is 1. The third-order valence-electron chi connectivity index (χ3n) is 3.99. The molecule has 0 aliphatic rings. The molecule has 1 aromatic heterocycles. The van der Waals surface area contributed by atoms with Crippen molar-refractivity contribution in [1.29, 1.82) is 0 Å². The number of nitrogens with zero attached hydrogens (tertiary/aromatic N) is 1. The lowest BCUT2D eigenvalue weighted by molar-refractivity contribution is 0.0942. The number of hydrogen-bond donors (Lipinski definition) is 2. The fourth-order valence-electron chi connectivity index (χ4n) is 2.67. The Bertz CT molecular complexity index is 995. The predicted octanol–water partition coefficient (Wildman–Crippen LogP) is 3.51. The van der Waals surface area contributed by atoms with Gasteiger partial charge >= 0.3 is 0 Å². The van der Waals surface area contributed by atoms with Gasteiger partial charge in [-0.2, -0.15) is 0 Å². The van der Waals surface area contributed by atoms with Crippen molar-refractivity contribution in [2.45, 2.75) is 6.54 Å². The summed E-state index contributed by atoms with van der Waals surface area (Å²) in [5.41, 5.74) is 7.63. The number of nitrogens with two attached hydrogens (primary N) is 1. The van der Waals surface area contributed by atoms with Crippen LogP contribution in [0.25, 0.3) is 10.9 Å². The zero-order valence-corrected chi connectivity index (χ0v) is 14.9. The highest BCUT2D eigenvalue weighted by Crippen LogP contribution is 2.23. The van der Waals surface area contributed by atoms with Crippen LogP contribution in [0.2, 0.25) is 10.0 Å². The fraction of sp³-hybridized carbons (Fsp3) is 0.111. The monoisotopic (exact) mass is 375 g/mol. The summed E-state index contributed by atoms with van der Waals surface area (Å²) in [5, 5.41) is 4.66. The molecular weight excluding hydrogens is 361 g/mol.